The van der Waals surface area contributed by atoms with Crippen molar-refractivity contribution in [1.29, 1.82) is 0 Å². The summed E-state index contributed by atoms with van der Waals surface area (Å²) in [5, 5.41) is 0. The minimum atomic E-state index is 0.126. The van der Waals surface area contributed by atoms with Crippen LogP contribution in [0, 0.1) is 13.8 Å². The molecular weight excluding hydrogens is 380 g/mol. The summed E-state index contributed by atoms with van der Waals surface area (Å²) in [6.45, 7) is 6.95. The van der Waals surface area contributed by atoms with Crippen molar-refractivity contribution >= 4 is 31.9 Å². The molecule has 1 unspecified atom stereocenters. The van der Waals surface area contributed by atoms with Crippen molar-refractivity contribution in [2.24, 2.45) is 0 Å². The molecule has 1 atom stereocenters. The summed E-state index contributed by atoms with van der Waals surface area (Å²) in [5.41, 5.74) is 5.00. The van der Waals surface area contributed by atoms with Gasteiger partial charge in [-0.3, -0.25) is 0 Å². The minimum Gasteiger partial charge on any atom is -0.494 e. The molecule has 0 aromatic heterocycles. The predicted octanol–water partition coefficient (Wildman–Crippen LogP) is 5.95. The fourth-order valence-electron chi connectivity index (χ4n) is 2.11. The van der Waals surface area contributed by atoms with E-state index >= 15 is 0 Å². The second kappa shape index (κ2) is 6.77. The van der Waals surface area contributed by atoms with Crippen molar-refractivity contribution in [3.05, 3.63) is 63.1 Å². The van der Waals surface area contributed by atoms with E-state index in [-0.39, 0.29) is 4.83 Å². The van der Waals surface area contributed by atoms with Crippen molar-refractivity contribution in [1.82, 2.24) is 0 Å². The molecule has 106 valence electrons. The quantitative estimate of drug-likeness (QED) is 0.579. The number of benzene rings is 2. The normalized spacial score (nSPS) is 12.2. The number of hydrogen-bond acceptors (Lipinski definition) is 1. The van der Waals surface area contributed by atoms with Crippen LogP contribution in [0.25, 0.3) is 0 Å². The zero-order valence-corrected chi connectivity index (χ0v) is 15.1. The van der Waals surface area contributed by atoms with E-state index in [9.17, 15) is 0 Å². The summed E-state index contributed by atoms with van der Waals surface area (Å²) >= 11 is 7.34. The third-order valence-electron chi connectivity index (χ3n) is 3.37. The standard InChI is InChI=1S/C17H18Br2O/c1-4-20-16-8-7-14(18)10-15(16)17(19)13-6-5-11(2)12(3)9-13/h5-10,17H,4H2,1-3H3. The first-order valence-electron chi connectivity index (χ1n) is 6.66. The summed E-state index contributed by atoms with van der Waals surface area (Å²) in [6.07, 6.45) is 0. The highest BCUT2D eigenvalue weighted by molar-refractivity contribution is 9.10. The monoisotopic (exact) mass is 396 g/mol. The third kappa shape index (κ3) is 3.44. The fourth-order valence-corrected chi connectivity index (χ4v) is 3.13. The minimum absolute atomic E-state index is 0.126. The topological polar surface area (TPSA) is 9.23 Å². The van der Waals surface area contributed by atoms with Crippen LogP contribution in [-0.2, 0) is 0 Å². The third-order valence-corrected chi connectivity index (χ3v) is 4.88. The smallest absolute Gasteiger partial charge is 0.124 e. The van der Waals surface area contributed by atoms with Gasteiger partial charge in [-0.25, -0.2) is 0 Å². The molecule has 0 N–H and O–H groups in total. The number of ether oxygens (including phenoxy) is 1. The van der Waals surface area contributed by atoms with Gasteiger partial charge < -0.3 is 4.74 Å². The molecular formula is C17H18Br2O. The van der Waals surface area contributed by atoms with E-state index in [0.717, 1.165) is 15.8 Å². The second-order valence-corrected chi connectivity index (χ2v) is 6.65. The first kappa shape index (κ1) is 15.6. The Kier molecular flexibility index (Phi) is 5.28. The lowest BCUT2D eigenvalue weighted by molar-refractivity contribution is 0.337. The predicted molar refractivity (Wildman–Crippen MR) is 92.0 cm³/mol. The Balaban J connectivity index is 2.43. The Bertz CT molecular complexity index is 608. The van der Waals surface area contributed by atoms with Crippen LogP contribution in [0.5, 0.6) is 5.75 Å². The fraction of sp³-hybridized carbons (Fsp3) is 0.294. The lowest BCUT2D eigenvalue weighted by Gasteiger charge is -2.17. The van der Waals surface area contributed by atoms with Crippen LogP contribution < -0.4 is 4.74 Å². The largest absolute Gasteiger partial charge is 0.494 e. The molecule has 0 heterocycles. The molecule has 0 radical (unpaired) electrons. The van der Waals surface area contributed by atoms with Gasteiger partial charge in [-0.05, 0) is 55.7 Å². The van der Waals surface area contributed by atoms with E-state index in [1.165, 1.54) is 16.7 Å². The maximum absolute atomic E-state index is 5.74. The average Bonchev–Trinajstić information content (AvgIpc) is 2.43. The molecule has 2 aromatic carbocycles. The van der Waals surface area contributed by atoms with Crippen LogP contribution in [0.3, 0.4) is 0 Å². The van der Waals surface area contributed by atoms with E-state index in [0.29, 0.717) is 6.61 Å². The van der Waals surface area contributed by atoms with Gasteiger partial charge >= 0.3 is 0 Å². The Hall–Kier alpha value is -0.800. The Morgan fingerprint density at radius 2 is 1.80 bits per heavy atom. The molecule has 0 saturated carbocycles. The lowest BCUT2D eigenvalue weighted by Crippen LogP contribution is -2.00. The van der Waals surface area contributed by atoms with Gasteiger partial charge in [-0.15, -0.1) is 0 Å². The van der Waals surface area contributed by atoms with Crippen molar-refractivity contribution in [2.45, 2.75) is 25.6 Å². The number of halogens is 2. The second-order valence-electron chi connectivity index (χ2n) is 4.82. The number of hydrogen-bond donors (Lipinski definition) is 0. The van der Waals surface area contributed by atoms with E-state index in [4.69, 9.17) is 4.74 Å². The van der Waals surface area contributed by atoms with Crippen molar-refractivity contribution < 1.29 is 4.74 Å². The Morgan fingerprint density at radius 3 is 2.45 bits per heavy atom. The lowest BCUT2D eigenvalue weighted by atomic mass is 10.00. The van der Waals surface area contributed by atoms with Crippen LogP contribution in [0.1, 0.15) is 34.0 Å². The molecule has 2 aromatic rings. The van der Waals surface area contributed by atoms with Crippen LogP contribution >= 0.6 is 31.9 Å². The molecule has 2 rings (SSSR count). The number of alkyl halides is 1. The van der Waals surface area contributed by atoms with Crippen LogP contribution in [0.4, 0.5) is 0 Å². The summed E-state index contributed by atoms with van der Waals surface area (Å²) in [6, 6.07) is 12.7. The zero-order chi connectivity index (χ0) is 14.7. The highest BCUT2D eigenvalue weighted by atomic mass is 79.9. The molecule has 0 fully saturated rings. The van der Waals surface area contributed by atoms with Crippen molar-refractivity contribution in [3.63, 3.8) is 0 Å². The SMILES string of the molecule is CCOc1ccc(Br)cc1C(Br)c1ccc(C)c(C)c1. The van der Waals surface area contributed by atoms with Crippen LogP contribution in [-0.4, -0.2) is 6.61 Å². The summed E-state index contributed by atoms with van der Waals surface area (Å²) in [7, 11) is 0. The van der Waals surface area contributed by atoms with Gasteiger partial charge in [0.05, 0.1) is 11.4 Å². The van der Waals surface area contributed by atoms with Gasteiger partial charge in [0, 0.05) is 10.0 Å². The van der Waals surface area contributed by atoms with Gasteiger partial charge in [0.2, 0.25) is 0 Å². The van der Waals surface area contributed by atoms with Gasteiger partial charge in [0.25, 0.3) is 0 Å². The summed E-state index contributed by atoms with van der Waals surface area (Å²) in [4.78, 5) is 0.126. The van der Waals surface area contributed by atoms with Gasteiger partial charge in [-0.1, -0.05) is 50.1 Å². The van der Waals surface area contributed by atoms with E-state index in [2.05, 4.69) is 70.0 Å². The highest BCUT2D eigenvalue weighted by Gasteiger charge is 2.16. The maximum Gasteiger partial charge on any atom is 0.124 e. The summed E-state index contributed by atoms with van der Waals surface area (Å²) < 4.78 is 6.80. The zero-order valence-electron chi connectivity index (χ0n) is 11.9. The van der Waals surface area contributed by atoms with E-state index < -0.39 is 0 Å². The Labute approximate surface area is 137 Å². The molecule has 20 heavy (non-hydrogen) atoms. The van der Waals surface area contributed by atoms with Gasteiger partial charge in [0.1, 0.15) is 5.75 Å². The maximum atomic E-state index is 5.74. The number of rotatable bonds is 4. The Morgan fingerprint density at radius 1 is 1.05 bits per heavy atom. The van der Waals surface area contributed by atoms with Crippen LogP contribution in [0.15, 0.2) is 40.9 Å². The van der Waals surface area contributed by atoms with Crippen LogP contribution in [0.2, 0.25) is 0 Å². The first-order chi connectivity index (χ1) is 9.52. The molecule has 0 aliphatic heterocycles. The van der Waals surface area contributed by atoms with E-state index in [1.54, 1.807) is 0 Å². The molecule has 3 heteroatoms. The molecule has 0 aliphatic carbocycles. The van der Waals surface area contributed by atoms with Crippen molar-refractivity contribution in [2.75, 3.05) is 6.61 Å². The first-order valence-corrected chi connectivity index (χ1v) is 8.37. The molecule has 0 aliphatic rings. The van der Waals surface area contributed by atoms with E-state index in [1.807, 2.05) is 19.1 Å². The van der Waals surface area contributed by atoms with Crippen molar-refractivity contribution in [3.8, 4) is 5.75 Å². The molecule has 0 bridgehead atoms. The highest BCUT2D eigenvalue weighted by Crippen LogP contribution is 2.38. The molecule has 0 saturated heterocycles. The van der Waals surface area contributed by atoms with Gasteiger partial charge in [-0.2, -0.15) is 0 Å². The molecule has 0 spiro atoms. The number of aryl methyl sites for hydroxylation is 2. The average molecular weight is 398 g/mol. The molecule has 0 amide bonds. The summed E-state index contributed by atoms with van der Waals surface area (Å²) in [5.74, 6) is 0.927. The van der Waals surface area contributed by atoms with Gasteiger partial charge in [0.15, 0.2) is 0 Å². The molecule has 1 nitrogen and oxygen atoms in total.